The molecule has 0 unspecified atom stereocenters. The van der Waals surface area contributed by atoms with E-state index in [1.54, 1.807) is 0 Å². The van der Waals surface area contributed by atoms with Crippen LogP contribution in [0.3, 0.4) is 0 Å². The third-order valence-electron chi connectivity index (χ3n) is 3.26. The van der Waals surface area contributed by atoms with Gasteiger partial charge in [0.1, 0.15) is 0 Å². The molecule has 1 saturated carbocycles. The predicted molar refractivity (Wildman–Crippen MR) is 56.9 cm³/mol. The lowest BCUT2D eigenvalue weighted by molar-refractivity contribution is 0.314. The zero-order valence-corrected chi connectivity index (χ0v) is 8.22. The van der Waals surface area contributed by atoms with Gasteiger partial charge in [0.2, 0.25) is 0 Å². The van der Waals surface area contributed by atoms with Crippen molar-refractivity contribution < 1.29 is 0 Å². The molecule has 0 atom stereocenters. The van der Waals surface area contributed by atoms with E-state index < -0.39 is 0 Å². The van der Waals surface area contributed by atoms with Crippen LogP contribution in [0.4, 0.5) is 0 Å². The van der Waals surface area contributed by atoms with Gasteiger partial charge in [-0.1, -0.05) is 42.3 Å². The molecule has 0 spiro atoms. The zero-order valence-electron chi connectivity index (χ0n) is 8.22. The summed E-state index contributed by atoms with van der Waals surface area (Å²) in [5.41, 5.74) is 3.09. The van der Waals surface area contributed by atoms with Crippen molar-refractivity contribution in [3.05, 3.63) is 48.0 Å². The predicted octanol–water partition coefficient (Wildman–Crippen LogP) is 3.60. The van der Waals surface area contributed by atoms with Gasteiger partial charge in [-0.15, -0.1) is 6.58 Å². The van der Waals surface area contributed by atoms with E-state index >= 15 is 0 Å². The first-order chi connectivity index (χ1) is 6.27. The summed E-state index contributed by atoms with van der Waals surface area (Å²) in [6.45, 7) is 6.08. The summed E-state index contributed by atoms with van der Waals surface area (Å²) < 4.78 is 0. The summed E-state index contributed by atoms with van der Waals surface area (Å²) >= 11 is 0. The molecule has 1 aliphatic carbocycles. The average Bonchev–Trinajstić information content (AvgIpc) is 2.07. The fourth-order valence-corrected chi connectivity index (χ4v) is 2.05. The van der Waals surface area contributed by atoms with Gasteiger partial charge in [-0.05, 0) is 25.3 Å². The second-order valence-electron chi connectivity index (χ2n) is 4.08. The standard InChI is InChI=1S/C13H16/c1-3-13(9-4-10-13)12-7-5-11(2)6-8-12/h3,5-8H,1,4,9-10H2,2H3. The molecule has 0 aliphatic heterocycles. The maximum atomic E-state index is 3.95. The minimum atomic E-state index is 0.313. The Labute approximate surface area is 80.3 Å². The number of hydrogen-bond donors (Lipinski definition) is 0. The van der Waals surface area contributed by atoms with Gasteiger partial charge in [0, 0.05) is 5.41 Å². The van der Waals surface area contributed by atoms with Crippen LogP contribution in [0.15, 0.2) is 36.9 Å². The van der Waals surface area contributed by atoms with E-state index in [9.17, 15) is 0 Å². The molecule has 0 N–H and O–H groups in total. The van der Waals surface area contributed by atoms with E-state index in [1.165, 1.54) is 30.4 Å². The molecule has 0 nitrogen and oxygen atoms in total. The summed E-state index contributed by atoms with van der Waals surface area (Å²) in [5.74, 6) is 0. The number of benzene rings is 1. The fourth-order valence-electron chi connectivity index (χ4n) is 2.05. The van der Waals surface area contributed by atoms with E-state index in [0.29, 0.717) is 5.41 Å². The second-order valence-corrected chi connectivity index (χ2v) is 4.08. The van der Waals surface area contributed by atoms with Crippen LogP contribution in [-0.4, -0.2) is 0 Å². The molecule has 0 heterocycles. The van der Waals surface area contributed by atoms with Crippen molar-refractivity contribution in [3.8, 4) is 0 Å². The summed E-state index contributed by atoms with van der Waals surface area (Å²) in [5, 5.41) is 0. The lowest BCUT2D eigenvalue weighted by Crippen LogP contribution is -2.31. The van der Waals surface area contributed by atoms with Gasteiger partial charge in [-0.2, -0.15) is 0 Å². The molecule has 0 amide bonds. The maximum Gasteiger partial charge on any atom is 0.0129 e. The average molecular weight is 172 g/mol. The topological polar surface area (TPSA) is 0 Å². The Kier molecular flexibility index (Phi) is 1.99. The van der Waals surface area contributed by atoms with Crippen molar-refractivity contribution in [3.63, 3.8) is 0 Å². The van der Waals surface area contributed by atoms with Gasteiger partial charge >= 0.3 is 0 Å². The molecule has 1 aromatic carbocycles. The molecule has 1 aromatic rings. The van der Waals surface area contributed by atoms with Crippen LogP contribution in [0.5, 0.6) is 0 Å². The Morgan fingerprint density at radius 3 is 2.23 bits per heavy atom. The van der Waals surface area contributed by atoms with Gasteiger partial charge in [0.05, 0.1) is 0 Å². The second kappa shape index (κ2) is 3.02. The van der Waals surface area contributed by atoms with Crippen molar-refractivity contribution in [1.82, 2.24) is 0 Å². The minimum Gasteiger partial charge on any atom is -0.102 e. The molecule has 13 heavy (non-hydrogen) atoms. The molecule has 0 radical (unpaired) electrons. The molecule has 0 heteroatoms. The molecular weight excluding hydrogens is 156 g/mol. The van der Waals surface area contributed by atoms with Crippen LogP contribution >= 0.6 is 0 Å². The van der Waals surface area contributed by atoms with Crippen LogP contribution in [0.2, 0.25) is 0 Å². The highest BCUT2D eigenvalue weighted by Gasteiger charge is 2.35. The van der Waals surface area contributed by atoms with E-state index in [1.807, 2.05) is 0 Å². The Bertz CT molecular complexity index is 301. The largest absolute Gasteiger partial charge is 0.102 e. The molecule has 1 fully saturated rings. The third kappa shape index (κ3) is 1.31. The lowest BCUT2D eigenvalue weighted by Gasteiger charge is -2.39. The van der Waals surface area contributed by atoms with Crippen molar-refractivity contribution in [2.24, 2.45) is 0 Å². The Balaban J connectivity index is 2.33. The first-order valence-corrected chi connectivity index (χ1v) is 4.98. The minimum absolute atomic E-state index is 0.313. The van der Waals surface area contributed by atoms with Gasteiger partial charge in [0.15, 0.2) is 0 Å². The summed E-state index contributed by atoms with van der Waals surface area (Å²) in [6.07, 6.45) is 6.03. The number of rotatable bonds is 2. The van der Waals surface area contributed by atoms with Crippen molar-refractivity contribution in [1.29, 1.82) is 0 Å². The first-order valence-electron chi connectivity index (χ1n) is 4.98. The molecule has 0 bridgehead atoms. The van der Waals surface area contributed by atoms with Crippen LogP contribution in [0, 0.1) is 6.92 Å². The van der Waals surface area contributed by atoms with E-state index in [2.05, 4.69) is 43.8 Å². The molecule has 0 saturated heterocycles. The number of aryl methyl sites for hydroxylation is 1. The number of hydrogen-bond acceptors (Lipinski definition) is 0. The molecule has 68 valence electrons. The first kappa shape index (κ1) is 8.55. The molecule has 2 rings (SSSR count). The van der Waals surface area contributed by atoms with E-state index in [-0.39, 0.29) is 0 Å². The van der Waals surface area contributed by atoms with Crippen LogP contribution < -0.4 is 0 Å². The van der Waals surface area contributed by atoms with Crippen LogP contribution in [0.1, 0.15) is 30.4 Å². The summed E-state index contributed by atoms with van der Waals surface area (Å²) in [4.78, 5) is 0. The maximum absolute atomic E-state index is 3.95. The monoisotopic (exact) mass is 172 g/mol. The van der Waals surface area contributed by atoms with Gasteiger partial charge in [0.25, 0.3) is 0 Å². The number of allylic oxidation sites excluding steroid dienone is 1. The molecular formula is C13H16. The highest BCUT2D eigenvalue weighted by atomic mass is 14.4. The van der Waals surface area contributed by atoms with Crippen molar-refractivity contribution >= 4 is 0 Å². The highest BCUT2D eigenvalue weighted by molar-refractivity contribution is 5.34. The molecule has 0 aromatic heterocycles. The van der Waals surface area contributed by atoms with E-state index in [0.717, 1.165) is 0 Å². The quantitative estimate of drug-likeness (QED) is 0.598. The van der Waals surface area contributed by atoms with Gasteiger partial charge in [-0.3, -0.25) is 0 Å². The van der Waals surface area contributed by atoms with Crippen LogP contribution in [0.25, 0.3) is 0 Å². The SMILES string of the molecule is C=CC1(c2ccc(C)cc2)CCC1. The summed E-state index contributed by atoms with van der Waals surface area (Å²) in [7, 11) is 0. The zero-order chi connectivity index (χ0) is 9.31. The smallest absolute Gasteiger partial charge is 0.0129 e. The summed E-state index contributed by atoms with van der Waals surface area (Å²) in [6, 6.07) is 8.88. The van der Waals surface area contributed by atoms with Crippen molar-refractivity contribution in [2.45, 2.75) is 31.6 Å². The van der Waals surface area contributed by atoms with Crippen LogP contribution in [-0.2, 0) is 5.41 Å². The Morgan fingerprint density at radius 2 is 1.85 bits per heavy atom. The van der Waals surface area contributed by atoms with Gasteiger partial charge < -0.3 is 0 Å². The lowest BCUT2D eigenvalue weighted by atomic mass is 9.64. The van der Waals surface area contributed by atoms with Gasteiger partial charge in [-0.25, -0.2) is 0 Å². The Hall–Kier alpha value is -1.04. The highest BCUT2D eigenvalue weighted by Crippen LogP contribution is 2.44. The van der Waals surface area contributed by atoms with Crippen molar-refractivity contribution in [2.75, 3.05) is 0 Å². The third-order valence-corrected chi connectivity index (χ3v) is 3.26. The fraction of sp³-hybridized carbons (Fsp3) is 0.385. The normalized spacial score (nSPS) is 19.2. The van der Waals surface area contributed by atoms with E-state index in [4.69, 9.17) is 0 Å². The Morgan fingerprint density at radius 1 is 1.23 bits per heavy atom. The molecule has 1 aliphatic rings.